The van der Waals surface area contributed by atoms with Crippen LogP contribution in [0.15, 0.2) is 35.5 Å². The molecule has 0 aliphatic rings. The third-order valence-corrected chi connectivity index (χ3v) is 4.88. The van der Waals surface area contributed by atoms with Crippen molar-refractivity contribution in [3.8, 4) is 0 Å². The molecule has 2 aromatic rings. The van der Waals surface area contributed by atoms with Gasteiger partial charge >= 0.3 is 0 Å². The molecule has 1 heterocycles. The number of aliphatic imine (C=N–C) groups is 1. The van der Waals surface area contributed by atoms with Crippen LogP contribution in [-0.2, 0) is 30.7 Å². The fourth-order valence-electron chi connectivity index (χ4n) is 2.33. The Morgan fingerprint density at radius 3 is 2.56 bits per heavy atom. The lowest BCUT2D eigenvalue weighted by Crippen LogP contribution is -2.38. The van der Waals surface area contributed by atoms with Gasteiger partial charge in [0.15, 0.2) is 5.96 Å². The van der Waals surface area contributed by atoms with Crippen molar-refractivity contribution in [3.63, 3.8) is 0 Å². The van der Waals surface area contributed by atoms with E-state index >= 15 is 0 Å². The number of thiazole rings is 1. The zero-order valence-electron chi connectivity index (χ0n) is 15.3. The topological polar surface area (TPSA) is 58.5 Å². The quantitative estimate of drug-likeness (QED) is 0.533. The molecule has 0 aliphatic carbocycles. The first-order valence-electron chi connectivity index (χ1n) is 8.77. The number of guanidine groups is 1. The van der Waals surface area contributed by atoms with Crippen LogP contribution in [0.1, 0.15) is 34.9 Å². The van der Waals surface area contributed by atoms with Crippen molar-refractivity contribution < 1.29 is 4.74 Å². The molecule has 1 aromatic heterocycles. The fraction of sp³-hybridized carbons (Fsp3) is 0.474. The van der Waals surface area contributed by atoms with E-state index < -0.39 is 0 Å². The van der Waals surface area contributed by atoms with Crippen molar-refractivity contribution in [2.75, 3.05) is 20.2 Å². The van der Waals surface area contributed by atoms with Crippen molar-refractivity contribution in [1.29, 1.82) is 0 Å². The monoisotopic (exact) mass is 360 g/mol. The molecule has 0 aliphatic heterocycles. The zero-order chi connectivity index (χ0) is 17.9. The Labute approximate surface area is 154 Å². The highest BCUT2D eigenvalue weighted by atomic mass is 32.1. The maximum atomic E-state index is 5.14. The molecule has 0 amide bonds. The lowest BCUT2D eigenvalue weighted by atomic mass is 10.1. The van der Waals surface area contributed by atoms with Crippen molar-refractivity contribution in [2.45, 2.75) is 39.8 Å². The van der Waals surface area contributed by atoms with Gasteiger partial charge in [-0.3, -0.25) is 0 Å². The van der Waals surface area contributed by atoms with Crippen molar-refractivity contribution >= 4 is 17.3 Å². The van der Waals surface area contributed by atoms with Crippen LogP contribution >= 0.6 is 11.3 Å². The number of aromatic nitrogens is 1. The van der Waals surface area contributed by atoms with E-state index in [1.54, 1.807) is 18.4 Å². The molecule has 2 N–H and O–H groups in total. The highest BCUT2D eigenvalue weighted by Crippen LogP contribution is 2.13. The van der Waals surface area contributed by atoms with Gasteiger partial charge in [-0.05, 0) is 24.5 Å². The van der Waals surface area contributed by atoms with E-state index in [0.29, 0.717) is 13.2 Å². The molecule has 1 aromatic carbocycles. The SMILES string of the molecule is CCNC(=NCc1ccc(COC)cc1)NCCc1ncc(CC)s1. The van der Waals surface area contributed by atoms with E-state index in [2.05, 4.69) is 58.7 Å². The highest BCUT2D eigenvalue weighted by molar-refractivity contribution is 7.11. The normalized spacial score (nSPS) is 11.6. The van der Waals surface area contributed by atoms with Gasteiger partial charge in [-0.15, -0.1) is 11.3 Å². The number of nitrogens with zero attached hydrogens (tertiary/aromatic N) is 2. The minimum atomic E-state index is 0.643. The van der Waals surface area contributed by atoms with Gasteiger partial charge in [-0.1, -0.05) is 31.2 Å². The number of benzene rings is 1. The Balaban J connectivity index is 1.84. The van der Waals surface area contributed by atoms with Crippen LogP contribution < -0.4 is 10.6 Å². The standard InChI is InChI=1S/C19H28N4OS/c1-4-17-13-22-18(25-17)10-11-21-19(20-5-2)23-12-15-6-8-16(9-7-15)14-24-3/h6-9,13H,4-5,10-12,14H2,1-3H3,(H2,20,21,23). The van der Waals surface area contributed by atoms with Gasteiger partial charge in [-0.25, -0.2) is 9.98 Å². The second-order valence-electron chi connectivity index (χ2n) is 5.70. The first kappa shape index (κ1) is 19.4. The smallest absolute Gasteiger partial charge is 0.191 e. The Morgan fingerprint density at radius 1 is 1.16 bits per heavy atom. The van der Waals surface area contributed by atoms with Crippen LogP contribution in [-0.4, -0.2) is 31.1 Å². The molecule has 0 saturated carbocycles. The number of aryl methyl sites for hydroxylation is 1. The van der Waals surface area contributed by atoms with Crippen molar-refractivity contribution in [3.05, 3.63) is 51.5 Å². The number of hydrogen-bond donors (Lipinski definition) is 2. The predicted molar refractivity (Wildman–Crippen MR) is 105 cm³/mol. The summed E-state index contributed by atoms with van der Waals surface area (Å²) in [5.41, 5.74) is 2.36. The van der Waals surface area contributed by atoms with Gasteiger partial charge in [0.1, 0.15) is 0 Å². The number of hydrogen-bond acceptors (Lipinski definition) is 4. The van der Waals surface area contributed by atoms with Crippen molar-refractivity contribution in [2.24, 2.45) is 4.99 Å². The second kappa shape index (κ2) is 10.8. The van der Waals surface area contributed by atoms with Crippen LogP contribution in [0.5, 0.6) is 0 Å². The summed E-state index contributed by atoms with van der Waals surface area (Å²) in [7, 11) is 1.71. The lowest BCUT2D eigenvalue weighted by molar-refractivity contribution is 0.185. The van der Waals surface area contributed by atoms with Gasteiger partial charge < -0.3 is 15.4 Å². The summed E-state index contributed by atoms with van der Waals surface area (Å²) in [5.74, 6) is 0.843. The second-order valence-corrected chi connectivity index (χ2v) is 6.90. The molecule has 0 fully saturated rings. The Bertz CT molecular complexity index is 652. The molecule has 0 spiro atoms. The lowest BCUT2D eigenvalue weighted by Gasteiger charge is -2.10. The molecule has 2 rings (SSSR count). The Kier molecular flexibility index (Phi) is 8.42. The maximum Gasteiger partial charge on any atom is 0.191 e. The third-order valence-electron chi connectivity index (χ3n) is 3.68. The molecular formula is C19H28N4OS. The van der Waals surface area contributed by atoms with E-state index in [4.69, 9.17) is 4.74 Å². The predicted octanol–water partition coefficient (Wildman–Crippen LogP) is 3.15. The van der Waals surface area contributed by atoms with E-state index in [0.717, 1.165) is 31.9 Å². The average molecular weight is 361 g/mol. The van der Waals surface area contributed by atoms with Gasteiger partial charge in [0, 0.05) is 37.7 Å². The van der Waals surface area contributed by atoms with Crippen molar-refractivity contribution in [1.82, 2.24) is 15.6 Å². The van der Waals surface area contributed by atoms with Crippen LogP contribution in [0.25, 0.3) is 0 Å². The van der Waals surface area contributed by atoms with Crippen LogP contribution in [0.3, 0.4) is 0 Å². The van der Waals surface area contributed by atoms with Crippen LogP contribution in [0.4, 0.5) is 0 Å². The number of methoxy groups -OCH3 is 1. The van der Waals surface area contributed by atoms with Gasteiger partial charge in [0.25, 0.3) is 0 Å². The van der Waals surface area contributed by atoms with Crippen LogP contribution in [0, 0.1) is 0 Å². The van der Waals surface area contributed by atoms with E-state index in [-0.39, 0.29) is 0 Å². The summed E-state index contributed by atoms with van der Waals surface area (Å²) in [5, 5.41) is 7.85. The molecule has 25 heavy (non-hydrogen) atoms. The number of nitrogens with one attached hydrogen (secondary N) is 2. The highest BCUT2D eigenvalue weighted by Gasteiger charge is 2.02. The summed E-state index contributed by atoms with van der Waals surface area (Å²) in [6.07, 6.45) is 3.95. The van der Waals surface area contributed by atoms with Gasteiger partial charge in [0.2, 0.25) is 0 Å². The largest absolute Gasteiger partial charge is 0.380 e. The Hall–Kier alpha value is -1.92. The van der Waals surface area contributed by atoms with Crippen LogP contribution in [0.2, 0.25) is 0 Å². The maximum absolute atomic E-state index is 5.14. The summed E-state index contributed by atoms with van der Waals surface area (Å²) < 4.78 is 5.14. The van der Waals surface area contributed by atoms with Gasteiger partial charge in [0.05, 0.1) is 18.2 Å². The first-order chi connectivity index (χ1) is 12.2. The minimum absolute atomic E-state index is 0.643. The van der Waals surface area contributed by atoms with Gasteiger partial charge in [-0.2, -0.15) is 0 Å². The molecule has 0 atom stereocenters. The summed E-state index contributed by atoms with van der Waals surface area (Å²) in [4.78, 5) is 10.5. The summed E-state index contributed by atoms with van der Waals surface area (Å²) >= 11 is 1.79. The zero-order valence-corrected chi connectivity index (χ0v) is 16.2. The molecule has 5 nitrogen and oxygen atoms in total. The summed E-state index contributed by atoms with van der Waals surface area (Å²) in [6.45, 7) is 7.20. The molecule has 0 saturated heterocycles. The van der Waals surface area contributed by atoms with E-state index in [1.807, 2.05) is 6.20 Å². The first-order valence-corrected chi connectivity index (χ1v) is 9.59. The fourth-order valence-corrected chi connectivity index (χ4v) is 3.20. The molecule has 6 heteroatoms. The summed E-state index contributed by atoms with van der Waals surface area (Å²) in [6, 6.07) is 8.37. The molecular weight excluding hydrogens is 332 g/mol. The average Bonchev–Trinajstić information content (AvgIpc) is 3.09. The molecule has 0 unspecified atom stereocenters. The number of rotatable bonds is 9. The molecule has 0 radical (unpaired) electrons. The minimum Gasteiger partial charge on any atom is -0.380 e. The molecule has 0 bridgehead atoms. The van der Waals surface area contributed by atoms with E-state index in [1.165, 1.54) is 21.0 Å². The molecule has 136 valence electrons. The van der Waals surface area contributed by atoms with E-state index in [9.17, 15) is 0 Å². The Morgan fingerprint density at radius 2 is 1.92 bits per heavy atom. The third kappa shape index (κ3) is 6.84. The number of ether oxygens (including phenoxy) is 1.